The molecular formula is C36H36NO2P. The fourth-order valence-electron chi connectivity index (χ4n) is 7.64. The maximum Gasteiger partial charge on any atom is 0.416 e. The van der Waals surface area contributed by atoms with Crippen molar-refractivity contribution in [3.63, 3.8) is 0 Å². The molecule has 1 aliphatic heterocycles. The number of hydrogen-bond acceptors (Lipinski definition) is 3. The summed E-state index contributed by atoms with van der Waals surface area (Å²) in [7, 11) is 0.613. The summed E-state index contributed by atoms with van der Waals surface area (Å²) in [5.41, 5.74) is 8.93. The van der Waals surface area contributed by atoms with Crippen molar-refractivity contribution in [3.05, 3.63) is 124 Å². The number of hydrogen-bond donors (Lipinski definition) is 0. The van der Waals surface area contributed by atoms with E-state index in [0.29, 0.717) is 0 Å². The first-order chi connectivity index (χ1) is 19.2. The van der Waals surface area contributed by atoms with Gasteiger partial charge in [-0.25, -0.2) is 0 Å². The summed E-state index contributed by atoms with van der Waals surface area (Å²) in [6.07, 6.45) is 6.46. The summed E-state index contributed by atoms with van der Waals surface area (Å²) in [6, 6.07) is 32.2. The lowest BCUT2D eigenvalue weighted by Gasteiger charge is -2.37. The van der Waals surface area contributed by atoms with Gasteiger partial charge in [-0.1, -0.05) is 113 Å². The maximum absolute atomic E-state index is 6.97. The van der Waals surface area contributed by atoms with Gasteiger partial charge in [0, 0.05) is 23.6 Å². The van der Waals surface area contributed by atoms with Gasteiger partial charge in [-0.2, -0.15) is 0 Å². The Morgan fingerprint density at radius 1 is 0.650 bits per heavy atom. The zero-order valence-electron chi connectivity index (χ0n) is 23.9. The molecule has 202 valence electrons. The number of nitrogens with zero attached hydrogens (tertiary/aromatic N) is 1. The van der Waals surface area contributed by atoms with E-state index >= 15 is 0 Å². The number of para-hydroxylation sites is 1. The van der Waals surface area contributed by atoms with Crippen LogP contribution in [0, 0.1) is 0 Å². The molecule has 40 heavy (non-hydrogen) atoms. The van der Waals surface area contributed by atoms with Gasteiger partial charge >= 0.3 is 8.53 Å². The van der Waals surface area contributed by atoms with Crippen LogP contribution in [0.15, 0.2) is 91.0 Å². The lowest BCUT2D eigenvalue weighted by atomic mass is 9.72. The first kappa shape index (κ1) is 25.4. The van der Waals surface area contributed by atoms with Gasteiger partial charge in [0.2, 0.25) is 0 Å². The van der Waals surface area contributed by atoms with Crippen molar-refractivity contribution in [2.45, 2.75) is 56.8 Å². The Labute approximate surface area is 239 Å². The third-order valence-corrected chi connectivity index (χ3v) is 10.5. The Morgan fingerprint density at radius 3 is 1.80 bits per heavy atom. The molecule has 4 aromatic carbocycles. The third kappa shape index (κ3) is 3.82. The zero-order valence-corrected chi connectivity index (χ0v) is 24.8. The summed E-state index contributed by atoms with van der Waals surface area (Å²) in [4.78, 5) is 0. The molecule has 3 nitrogen and oxygen atoms in total. The van der Waals surface area contributed by atoms with E-state index in [0.717, 1.165) is 35.6 Å². The normalized spacial score (nSPS) is 19.2. The smallest absolute Gasteiger partial charge is 0.416 e. The molecule has 1 spiro atoms. The molecule has 2 aliphatic carbocycles. The van der Waals surface area contributed by atoms with E-state index in [2.05, 4.69) is 136 Å². The van der Waals surface area contributed by atoms with Crippen LogP contribution in [0.1, 0.15) is 73.9 Å². The third-order valence-electron chi connectivity index (χ3n) is 9.09. The molecule has 0 N–H and O–H groups in total. The van der Waals surface area contributed by atoms with Gasteiger partial charge in [0.15, 0.2) is 0 Å². The highest BCUT2D eigenvalue weighted by Gasteiger charge is 2.59. The highest BCUT2D eigenvalue weighted by atomic mass is 31.2. The van der Waals surface area contributed by atoms with Gasteiger partial charge in [-0.3, -0.25) is 4.67 Å². The van der Waals surface area contributed by atoms with Crippen LogP contribution in [0.4, 0.5) is 5.69 Å². The van der Waals surface area contributed by atoms with Gasteiger partial charge in [0.1, 0.15) is 11.5 Å². The van der Waals surface area contributed by atoms with E-state index in [1.165, 1.54) is 27.8 Å². The van der Waals surface area contributed by atoms with Crippen molar-refractivity contribution in [1.29, 1.82) is 0 Å². The van der Waals surface area contributed by atoms with Gasteiger partial charge in [0.05, 0.1) is 5.69 Å². The van der Waals surface area contributed by atoms with Crippen LogP contribution in [-0.4, -0.2) is 7.05 Å². The van der Waals surface area contributed by atoms with Gasteiger partial charge in [-0.05, 0) is 64.1 Å². The monoisotopic (exact) mass is 545 g/mol. The highest BCUT2D eigenvalue weighted by Crippen LogP contribution is 2.68. The first-order valence-corrected chi connectivity index (χ1v) is 15.3. The molecule has 7 rings (SSSR count). The van der Waals surface area contributed by atoms with E-state index in [1.54, 1.807) is 0 Å². The summed E-state index contributed by atoms with van der Waals surface area (Å²) in [5, 5.41) is 0. The molecule has 0 fully saturated rings. The Kier molecular flexibility index (Phi) is 5.71. The molecule has 0 saturated carbocycles. The van der Waals surface area contributed by atoms with Crippen LogP contribution in [0.2, 0.25) is 0 Å². The van der Waals surface area contributed by atoms with E-state index in [9.17, 15) is 0 Å². The minimum Gasteiger partial charge on any atom is -0.422 e. The minimum atomic E-state index is -1.48. The van der Waals surface area contributed by atoms with Crippen molar-refractivity contribution in [2.24, 2.45) is 0 Å². The van der Waals surface area contributed by atoms with Gasteiger partial charge in [-0.15, -0.1) is 0 Å². The molecule has 4 aromatic rings. The summed E-state index contributed by atoms with van der Waals surface area (Å²) < 4.78 is 16.1. The second-order valence-corrected chi connectivity index (χ2v) is 14.2. The van der Waals surface area contributed by atoms with Crippen molar-refractivity contribution in [1.82, 2.24) is 0 Å². The molecule has 0 amide bonds. The molecule has 4 heteroatoms. The fourth-order valence-corrected chi connectivity index (χ4v) is 8.92. The number of benzene rings is 4. The van der Waals surface area contributed by atoms with E-state index < -0.39 is 8.53 Å². The molecule has 0 saturated heterocycles. The van der Waals surface area contributed by atoms with Crippen LogP contribution < -0.4 is 13.7 Å². The van der Waals surface area contributed by atoms with Crippen LogP contribution in [0.5, 0.6) is 11.5 Å². The molecule has 0 radical (unpaired) electrons. The quantitative estimate of drug-likeness (QED) is 0.188. The summed E-state index contributed by atoms with van der Waals surface area (Å²) in [6.45, 7) is 9.56. The highest BCUT2D eigenvalue weighted by molar-refractivity contribution is 7.50. The van der Waals surface area contributed by atoms with Crippen LogP contribution in [0.3, 0.4) is 0 Å². The van der Waals surface area contributed by atoms with Crippen LogP contribution >= 0.6 is 8.53 Å². The van der Waals surface area contributed by atoms with E-state index in [1.807, 2.05) is 6.07 Å². The number of rotatable bonds is 4. The van der Waals surface area contributed by atoms with E-state index in [-0.39, 0.29) is 16.2 Å². The second kappa shape index (κ2) is 8.98. The molecule has 0 atom stereocenters. The largest absolute Gasteiger partial charge is 0.422 e. The Balaban J connectivity index is 1.37. The standard InChI is InChI=1S/C36H36NO2P/c1-34(2)23-36-24-35(3,4)28-17-12-20-31(33(28)36)39-40(38-30-19-11-16-27(34)32(30)36)37(5)29-18-10-9-15-26(29)22-21-25-13-7-6-8-14-25/h6-22H,23-24H2,1-5H3/b22-21+. The topological polar surface area (TPSA) is 21.7 Å². The van der Waals surface area contributed by atoms with Crippen LogP contribution in [0.25, 0.3) is 12.2 Å². The Bertz CT molecular complexity index is 1560. The Morgan fingerprint density at radius 2 is 1.20 bits per heavy atom. The van der Waals surface area contributed by atoms with Crippen molar-refractivity contribution in [3.8, 4) is 11.5 Å². The molecule has 0 aromatic heterocycles. The molecule has 0 bridgehead atoms. The number of anilines is 1. The predicted octanol–water partition coefficient (Wildman–Crippen LogP) is 9.64. The molecular weight excluding hydrogens is 509 g/mol. The molecule has 1 heterocycles. The van der Waals surface area contributed by atoms with Gasteiger partial charge < -0.3 is 9.05 Å². The van der Waals surface area contributed by atoms with Crippen molar-refractivity contribution >= 4 is 26.4 Å². The van der Waals surface area contributed by atoms with Gasteiger partial charge in [0.25, 0.3) is 0 Å². The van der Waals surface area contributed by atoms with E-state index in [4.69, 9.17) is 9.05 Å². The lowest BCUT2D eigenvalue weighted by Crippen LogP contribution is -2.29. The van der Waals surface area contributed by atoms with Crippen LogP contribution in [-0.2, 0) is 16.2 Å². The SMILES string of the molecule is CN(c1ccccc1/C=C/c1ccccc1)P1Oc2cccc3c2C2(CC3(C)C)CC(C)(C)c3cccc(c32)O1. The second-order valence-electron chi connectivity index (χ2n) is 12.8. The molecule has 0 unspecified atom stereocenters. The first-order valence-electron chi connectivity index (χ1n) is 14.2. The summed E-state index contributed by atoms with van der Waals surface area (Å²) in [5.74, 6) is 1.94. The summed E-state index contributed by atoms with van der Waals surface area (Å²) >= 11 is 0. The van der Waals surface area contributed by atoms with Crippen molar-refractivity contribution < 1.29 is 9.05 Å². The lowest BCUT2D eigenvalue weighted by molar-refractivity contribution is 0.338. The fraction of sp³-hybridized carbons (Fsp3) is 0.278. The molecule has 3 aliphatic rings. The minimum absolute atomic E-state index is 0.0489. The predicted molar refractivity (Wildman–Crippen MR) is 167 cm³/mol. The Hall–Kier alpha value is -3.55. The maximum atomic E-state index is 6.97. The zero-order chi connectivity index (χ0) is 27.7. The average Bonchev–Trinajstić information content (AvgIpc) is 3.31. The van der Waals surface area contributed by atoms with Crippen molar-refractivity contribution in [2.75, 3.05) is 11.7 Å². The average molecular weight is 546 g/mol.